The van der Waals surface area contributed by atoms with E-state index in [9.17, 15) is 4.79 Å². The molecule has 0 saturated heterocycles. The fraction of sp³-hybridized carbons (Fsp3) is 0.462. The predicted octanol–water partition coefficient (Wildman–Crippen LogP) is 2.63. The molecule has 0 fully saturated rings. The number of carbonyl (C=O) groups is 1. The number of carboxylic acid groups (broad SMARTS) is 1. The Bertz CT molecular complexity index is 610. The predicted molar refractivity (Wildman–Crippen MR) is 77.5 cm³/mol. The highest BCUT2D eigenvalue weighted by molar-refractivity contribution is 9.10. The summed E-state index contributed by atoms with van der Waals surface area (Å²) in [7, 11) is 0. The van der Waals surface area contributed by atoms with Gasteiger partial charge in [0.1, 0.15) is 0 Å². The maximum atomic E-state index is 10.9. The van der Waals surface area contributed by atoms with Crippen molar-refractivity contribution < 1.29 is 18.7 Å². The molecule has 0 aliphatic rings. The first-order valence-electron chi connectivity index (χ1n) is 6.52. The maximum Gasteiger partial charge on any atom is 0.307 e. The van der Waals surface area contributed by atoms with E-state index in [1.165, 1.54) is 0 Å². The van der Waals surface area contributed by atoms with E-state index in [-0.39, 0.29) is 0 Å². The summed E-state index contributed by atoms with van der Waals surface area (Å²) in [6, 6.07) is 3.47. The van der Waals surface area contributed by atoms with Crippen molar-refractivity contribution in [2.75, 3.05) is 13.1 Å². The molecule has 0 aromatic carbocycles. The molecule has 0 radical (unpaired) electrons. The minimum absolute atomic E-state index is 0.304. The highest BCUT2D eigenvalue weighted by atomic mass is 79.9. The quantitative estimate of drug-likeness (QED) is 0.813. The normalized spacial score (nSPS) is 12.8. The summed E-state index contributed by atoms with van der Waals surface area (Å²) >= 11 is 3.21. The van der Waals surface area contributed by atoms with Gasteiger partial charge in [-0.1, -0.05) is 13.8 Å². The zero-order chi connectivity index (χ0) is 15.4. The minimum atomic E-state index is -0.819. The van der Waals surface area contributed by atoms with E-state index >= 15 is 0 Å². The van der Waals surface area contributed by atoms with Crippen molar-refractivity contribution in [3.8, 4) is 11.7 Å². The molecule has 0 aliphatic carbocycles. The van der Waals surface area contributed by atoms with Crippen molar-refractivity contribution >= 4 is 21.9 Å². The number of halogens is 1. The van der Waals surface area contributed by atoms with Gasteiger partial charge in [-0.15, -0.1) is 10.2 Å². The van der Waals surface area contributed by atoms with Crippen LogP contribution in [-0.2, 0) is 11.3 Å². The number of carboxylic acids is 1. The fourth-order valence-corrected chi connectivity index (χ4v) is 2.11. The number of rotatable bonds is 7. The highest BCUT2D eigenvalue weighted by Gasteiger charge is 2.18. The second-order valence-electron chi connectivity index (χ2n) is 4.67. The van der Waals surface area contributed by atoms with Crippen LogP contribution in [0.25, 0.3) is 11.7 Å². The van der Waals surface area contributed by atoms with Gasteiger partial charge >= 0.3 is 5.97 Å². The van der Waals surface area contributed by atoms with Crippen LogP contribution in [0.3, 0.4) is 0 Å². The van der Waals surface area contributed by atoms with Gasteiger partial charge in [0.2, 0.25) is 5.89 Å². The third kappa shape index (κ3) is 4.15. The lowest BCUT2D eigenvalue weighted by Crippen LogP contribution is -2.31. The van der Waals surface area contributed by atoms with E-state index in [0.29, 0.717) is 41.8 Å². The first kappa shape index (κ1) is 15.7. The summed E-state index contributed by atoms with van der Waals surface area (Å²) in [5.74, 6) is -0.0500. The summed E-state index contributed by atoms with van der Waals surface area (Å²) in [5, 5.41) is 16.8. The molecule has 1 atom stereocenters. The average Bonchev–Trinajstić information content (AvgIpc) is 3.06. The van der Waals surface area contributed by atoms with E-state index in [1.54, 1.807) is 19.1 Å². The van der Waals surface area contributed by atoms with Crippen molar-refractivity contribution in [1.29, 1.82) is 0 Å². The van der Waals surface area contributed by atoms with Crippen molar-refractivity contribution in [3.05, 3.63) is 22.7 Å². The molecular formula is C13H16BrN3O4. The number of nitrogens with zero attached hydrogens (tertiary/aromatic N) is 3. The molecule has 1 N–H and O–H groups in total. The Morgan fingerprint density at radius 2 is 2.19 bits per heavy atom. The summed E-state index contributed by atoms with van der Waals surface area (Å²) in [5.41, 5.74) is 0. The largest absolute Gasteiger partial charge is 0.481 e. The molecule has 8 heteroatoms. The summed E-state index contributed by atoms with van der Waals surface area (Å²) in [4.78, 5) is 12.8. The summed E-state index contributed by atoms with van der Waals surface area (Å²) in [6.45, 7) is 5.15. The van der Waals surface area contributed by atoms with Gasteiger partial charge in [0.05, 0.1) is 12.5 Å². The maximum absolute atomic E-state index is 10.9. The molecular weight excluding hydrogens is 342 g/mol. The Morgan fingerprint density at radius 3 is 2.76 bits per heavy atom. The minimum Gasteiger partial charge on any atom is -0.481 e. The van der Waals surface area contributed by atoms with Crippen molar-refractivity contribution in [2.45, 2.75) is 20.4 Å². The van der Waals surface area contributed by atoms with E-state index in [0.717, 1.165) is 0 Å². The van der Waals surface area contributed by atoms with Crippen LogP contribution in [-0.4, -0.2) is 39.3 Å². The molecule has 2 aromatic rings. The van der Waals surface area contributed by atoms with Gasteiger partial charge in [0.15, 0.2) is 10.4 Å². The second kappa shape index (κ2) is 6.86. The van der Waals surface area contributed by atoms with Gasteiger partial charge in [-0.25, -0.2) is 0 Å². The molecule has 21 heavy (non-hydrogen) atoms. The van der Waals surface area contributed by atoms with Gasteiger partial charge in [0.25, 0.3) is 5.89 Å². The highest BCUT2D eigenvalue weighted by Crippen LogP contribution is 2.24. The van der Waals surface area contributed by atoms with Crippen LogP contribution in [0.2, 0.25) is 0 Å². The third-order valence-corrected chi connectivity index (χ3v) is 3.44. The number of aliphatic carboxylic acids is 1. The topological polar surface area (TPSA) is 92.6 Å². The van der Waals surface area contributed by atoms with E-state index in [1.807, 2.05) is 11.8 Å². The Labute approximate surface area is 130 Å². The number of hydrogen-bond acceptors (Lipinski definition) is 6. The lowest BCUT2D eigenvalue weighted by atomic mass is 10.2. The van der Waals surface area contributed by atoms with Crippen molar-refractivity contribution in [2.24, 2.45) is 5.92 Å². The van der Waals surface area contributed by atoms with Gasteiger partial charge in [-0.3, -0.25) is 9.69 Å². The Hall–Kier alpha value is -1.67. The zero-order valence-electron chi connectivity index (χ0n) is 11.7. The van der Waals surface area contributed by atoms with Gasteiger partial charge in [0, 0.05) is 6.54 Å². The lowest BCUT2D eigenvalue weighted by molar-refractivity contribution is -0.141. The lowest BCUT2D eigenvalue weighted by Gasteiger charge is -2.20. The van der Waals surface area contributed by atoms with Crippen LogP contribution < -0.4 is 0 Å². The standard InChI is InChI=1S/C13H16BrN3O4/c1-3-17(6-8(2)13(18)19)7-11-15-16-12(21-11)9-4-5-10(14)20-9/h4-5,8H,3,6-7H2,1-2H3,(H,18,19). The first-order chi connectivity index (χ1) is 9.99. The molecule has 0 saturated carbocycles. The monoisotopic (exact) mass is 357 g/mol. The zero-order valence-corrected chi connectivity index (χ0v) is 13.3. The average molecular weight is 358 g/mol. The van der Waals surface area contributed by atoms with E-state index in [4.69, 9.17) is 13.9 Å². The van der Waals surface area contributed by atoms with Crippen LogP contribution in [0, 0.1) is 5.92 Å². The molecule has 2 heterocycles. The molecule has 1 unspecified atom stereocenters. The number of furan rings is 1. The van der Waals surface area contributed by atoms with Crippen LogP contribution >= 0.6 is 15.9 Å². The van der Waals surface area contributed by atoms with Crippen LogP contribution in [0.5, 0.6) is 0 Å². The van der Waals surface area contributed by atoms with Crippen LogP contribution in [0.15, 0.2) is 25.6 Å². The molecule has 0 spiro atoms. The van der Waals surface area contributed by atoms with E-state index in [2.05, 4.69) is 26.1 Å². The fourth-order valence-electron chi connectivity index (χ4n) is 1.81. The molecule has 7 nitrogen and oxygen atoms in total. The molecule has 0 bridgehead atoms. The second-order valence-corrected chi connectivity index (χ2v) is 5.45. The van der Waals surface area contributed by atoms with Crippen LogP contribution in [0.1, 0.15) is 19.7 Å². The molecule has 2 aromatic heterocycles. The SMILES string of the molecule is CCN(Cc1nnc(-c2ccc(Br)o2)o1)CC(C)C(=O)O. The van der Waals surface area contributed by atoms with Gasteiger partial charge in [-0.05, 0) is 34.6 Å². The third-order valence-electron chi connectivity index (χ3n) is 3.01. The number of aromatic nitrogens is 2. The smallest absolute Gasteiger partial charge is 0.307 e. The Kier molecular flexibility index (Phi) is 5.13. The van der Waals surface area contributed by atoms with Crippen molar-refractivity contribution in [3.63, 3.8) is 0 Å². The summed E-state index contributed by atoms with van der Waals surface area (Å²) in [6.07, 6.45) is 0. The van der Waals surface area contributed by atoms with Gasteiger partial charge in [-0.2, -0.15) is 0 Å². The number of hydrogen-bond donors (Lipinski definition) is 1. The summed E-state index contributed by atoms with van der Waals surface area (Å²) < 4.78 is 11.5. The Balaban J connectivity index is 2.02. The first-order valence-corrected chi connectivity index (χ1v) is 7.32. The Morgan fingerprint density at radius 1 is 1.43 bits per heavy atom. The van der Waals surface area contributed by atoms with E-state index < -0.39 is 11.9 Å². The molecule has 0 aliphatic heterocycles. The van der Waals surface area contributed by atoms with Crippen LogP contribution in [0.4, 0.5) is 0 Å². The molecule has 114 valence electrons. The van der Waals surface area contributed by atoms with Crippen molar-refractivity contribution in [1.82, 2.24) is 15.1 Å². The van der Waals surface area contributed by atoms with Gasteiger partial charge < -0.3 is 13.9 Å². The molecule has 0 amide bonds. The molecule has 2 rings (SSSR count).